The van der Waals surface area contributed by atoms with Crippen LogP contribution in [0.3, 0.4) is 0 Å². The van der Waals surface area contributed by atoms with Crippen LogP contribution in [0.2, 0.25) is 0 Å². The molecule has 2 aliphatic heterocycles. The molecule has 12 heavy (non-hydrogen) atoms. The molecule has 0 aliphatic carbocycles. The highest BCUT2D eigenvalue weighted by molar-refractivity contribution is 5.85. The Hall–Kier alpha value is -1.26. The summed E-state index contributed by atoms with van der Waals surface area (Å²) in [6.07, 6.45) is 1.35. The summed E-state index contributed by atoms with van der Waals surface area (Å²) in [6, 6.07) is -0.665. The maximum absolute atomic E-state index is 11.1. The first-order valence-corrected chi connectivity index (χ1v) is 3.98. The maximum Gasteiger partial charge on any atom is 0.326 e. The number of piperidine rings is 1. The van der Waals surface area contributed by atoms with E-state index < -0.39 is 12.0 Å². The number of nitrogens with zero attached hydrogens (tertiary/aromatic N) is 1. The summed E-state index contributed by atoms with van der Waals surface area (Å²) in [5.41, 5.74) is 0. The molecule has 2 unspecified atom stereocenters. The van der Waals surface area contributed by atoms with Gasteiger partial charge in [0, 0.05) is 12.6 Å². The van der Waals surface area contributed by atoms with Gasteiger partial charge in [0.2, 0.25) is 0 Å². The Labute approximate surface area is 69.3 Å². The minimum atomic E-state index is -0.898. The van der Waals surface area contributed by atoms with Crippen LogP contribution in [0.25, 0.3) is 0 Å². The van der Waals surface area contributed by atoms with Gasteiger partial charge < -0.3 is 15.3 Å². The highest BCUT2D eigenvalue weighted by Crippen LogP contribution is 2.22. The van der Waals surface area contributed by atoms with Gasteiger partial charge in [0.15, 0.2) is 0 Å². The normalized spacial score (nSPS) is 33.3. The Kier molecular flexibility index (Phi) is 1.46. The van der Waals surface area contributed by atoms with Crippen molar-refractivity contribution in [1.29, 1.82) is 0 Å². The van der Waals surface area contributed by atoms with Crippen LogP contribution in [0.1, 0.15) is 12.8 Å². The third kappa shape index (κ3) is 0.929. The molecular weight excluding hydrogens is 160 g/mol. The van der Waals surface area contributed by atoms with Gasteiger partial charge in [-0.25, -0.2) is 9.59 Å². The van der Waals surface area contributed by atoms with Gasteiger partial charge in [-0.05, 0) is 12.8 Å². The molecule has 0 aromatic carbocycles. The lowest BCUT2D eigenvalue weighted by Gasteiger charge is -2.26. The molecule has 2 fully saturated rings. The topological polar surface area (TPSA) is 69.6 Å². The van der Waals surface area contributed by atoms with Crippen molar-refractivity contribution < 1.29 is 14.7 Å². The standard InChI is InChI=1S/C7H10N2O3/c10-6(11)5-2-1-4-3-9(5)7(12)8-4/h4-5H,1-3H2,(H,8,12)(H,10,11). The molecule has 2 N–H and O–H groups in total. The van der Waals surface area contributed by atoms with Crippen LogP contribution in [0.15, 0.2) is 0 Å². The summed E-state index contributed by atoms with van der Waals surface area (Å²) in [6.45, 7) is 0.551. The second-order valence-corrected chi connectivity index (χ2v) is 3.23. The number of fused-ring (bicyclic) bond motifs is 2. The molecule has 2 heterocycles. The first kappa shape index (κ1) is 7.39. The molecule has 0 radical (unpaired) electrons. The molecule has 0 spiro atoms. The van der Waals surface area contributed by atoms with E-state index in [-0.39, 0.29) is 12.1 Å². The number of rotatable bonds is 1. The molecule has 0 aromatic heterocycles. The van der Waals surface area contributed by atoms with Crippen molar-refractivity contribution in [2.24, 2.45) is 0 Å². The lowest BCUT2D eigenvalue weighted by molar-refractivity contribution is -0.142. The van der Waals surface area contributed by atoms with Crippen molar-refractivity contribution in [1.82, 2.24) is 10.2 Å². The van der Waals surface area contributed by atoms with E-state index in [9.17, 15) is 9.59 Å². The number of carboxylic acids is 1. The number of amides is 2. The number of carbonyl (C=O) groups excluding carboxylic acids is 1. The fourth-order valence-electron chi connectivity index (χ4n) is 1.83. The van der Waals surface area contributed by atoms with Crippen molar-refractivity contribution in [3.63, 3.8) is 0 Å². The van der Waals surface area contributed by atoms with Crippen molar-refractivity contribution in [2.45, 2.75) is 24.9 Å². The third-order valence-electron chi connectivity index (χ3n) is 2.46. The zero-order chi connectivity index (χ0) is 8.72. The summed E-state index contributed by atoms with van der Waals surface area (Å²) in [5.74, 6) is -0.898. The van der Waals surface area contributed by atoms with E-state index in [1.54, 1.807) is 0 Å². The molecule has 2 bridgehead atoms. The Morgan fingerprint density at radius 2 is 2.33 bits per heavy atom. The summed E-state index contributed by atoms with van der Waals surface area (Å²) in [7, 11) is 0. The first-order chi connectivity index (χ1) is 5.68. The number of urea groups is 1. The number of hydrogen-bond acceptors (Lipinski definition) is 2. The second-order valence-electron chi connectivity index (χ2n) is 3.23. The predicted molar refractivity (Wildman–Crippen MR) is 39.7 cm³/mol. The van der Waals surface area contributed by atoms with E-state index in [0.29, 0.717) is 13.0 Å². The maximum atomic E-state index is 11.1. The van der Waals surface area contributed by atoms with Gasteiger partial charge in [-0.1, -0.05) is 0 Å². The van der Waals surface area contributed by atoms with E-state index in [1.165, 1.54) is 4.90 Å². The smallest absolute Gasteiger partial charge is 0.326 e. The fourth-order valence-corrected chi connectivity index (χ4v) is 1.83. The van der Waals surface area contributed by atoms with Crippen LogP contribution in [-0.4, -0.2) is 40.6 Å². The highest BCUT2D eigenvalue weighted by atomic mass is 16.4. The molecule has 5 heteroatoms. The second kappa shape index (κ2) is 2.36. The summed E-state index contributed by atoms with van der Waals surface area (Å²) < 4.78 is 0. The Morgan fingerprint density at radius 1 is 1.58 bits per heavy atom. The molecule has 66 valence electrons. The molecular formula is C7H10N2O3. The highest BCUT2D eigenvalue weighted by Gasteiger charge is 2.41. The average Bonchev–Trinajstić information content (AvgIpc) is 2.28. The zero-order valence-electron chi connectivity index (χ0n) is 6.49. The van der Waals surface area contributed by atoms with Crippen LogP contribution in [0.5, 0.6) is 0 Å². The summed E-state index contributed by atoms with van der Waals surface area (Å²) in [5, 5.41) is 11.5. The SMILES string of the molecule is O=C(O)C1CCC2CN1C(=O)N2. The number of carboxylic acid groups (broad SMARTS) is 1. The minimum absolute atomic E-state index is 0.174. The predicted octanol–water partition coefficient (Wildman–Crippen LogP) is -0.373. The summed E-state index contributed by atoms with van der Waals surface area (Å²) >= 11 is 0. The van der Waals surface area contributed by atoms with Gasteiger partial charge in [0.05, 0.1) is 0 Å². The van der Waals surface area contributed by atoms with Gasteiger partial charge >= 0.3 is 12.0 Å². The van der Waals surface area contributed by atoms with Crippen LogP contribution in [0, 0.1) is 0 Å². The van der Waals surface area contributed by atoms with Crippen LogP contribution < -0.4 is 5.32 Å². The van der Waals surface area contributed by atoms with E-state index in [1.807, 2.05) is 0 Å². The fraction of sp³-hybridized carbons (Fsp3) is 0.714. The van der Waals surface area contributed by atoms with Gasteiger partial charge in [-0.2, -0.15) is 0 Å². The Balaban J connectivity index is 2.18. The number of nitrogens with one attached hydrogen (secondary N) is 1. The van der Waals surface area contributed by atoms with Crippen LogP contribution >= 0.6 is 0 Å². The largest absolute Gasteiger partial charge is 0.480 e. The average molecular weight is 170 g/mol. The number of carbonyl (C=O) groups is 2. The molecule has 5 nitrogen and oxygen atoms in total. The molecule has 0 aromatic rings. The Morgan fingerprint density at radius 3 is 3.00 bits per heavy atom. The molecule has 2 aliphatic rings. The lowest BCUT2D eigenvalue weighted by Crippen LogP contribution is -2.44. The quantitative estimate of drug-likeness (QED) is 0.564. The van der Waals surface area contributed by atoms with Gasteiger partial charge in [0.25, 0.3) is 0 Å². The van der Waals surface area contributed by atoms with E-state index >= 15 is 0 Å². The lowest BCUT2D eigenvalue weighted by atomic mass is 10.0. The van der Waals surface area contributed by atoms with Gasteiger partial charge in [-0.3, -0.25) is 0 Å². The van der Waals surface area contributed by atoms with Crippen LogP contribution in [-0.2, 0) is 4.79 Å². The van der Waals surface area contributed by atoms with Crippen molar-refractivity contribution in [3.05, 3.63) is 0 Å². The number of aliphatic carboxylic acids is 1. The van der Waals surface area contributed by atoms with Crippen molar-refractivity contribution in [3.8, 4) is 0 Å². The third-order valence-corrected chi connectivity index (χ3v) is 2.46. The number of hydrogen-bond donors (Lipinski definition) is 2. The van der Waals surface area contributed by atoms with Crippen molar-refractivity contribution >= 4 is 12.0 Å². The minimum Gasteiger partial charge on any atom is -0.480 e. The van der Waals surface area contributed by atoms with Gasteiger partial charge in [-0.15, -0.1) is 0 Å². The molecule has 0 saturated carbocycles. The molecule has 2 amide bonds. The van der Waals surface area contributed by atoms with E-state index in [0.717, 1.165) is 6.42 Å². The van der Waals surface area contributed by atoms with E-state index in [2.05, 4.69) is 5.32 Å². The van der Waals surface area contributed by atoms with Crippen LogP contribution in [0.4, 0.5) is 4.79 Å². The van der Waals surface area contributed by atoms with Crippen molar-refractivity contribution in [2.75, 3.05) is 6.54 Å². The zero-order valence-corrected chi connectivity index (χ0v) is 6.49. The summed E-state index contributed by atoms with van der Waals surface area (Å²) in [4.78, 5) is 23.2. The molecule has 2 atom stereocenters. The Bertz CT molecular complexity index is 241. The molecule has 2 saturated heterocycles. The van der Waals surface area contributed by atoms with Gasteiger partial charge in [0.1, 0.15) is 6.04 Å². The first-order valence-electron chi connectivity index (χ1n) is 3.98. The monoisotopic (exact) mass is 170 g/mol. The molecule has 2 rings (SSSR count). The van der Waals surface area contributed by atoms with E-state index in [4.69, 9.17) is 5.11 Å².